The predicted octanol–water partition coefficient (Wildman–Crippen LogP) is 1.35. The Labute approximate surface area is 145 Å². The van der Waals surface area contributed by atoms with E-state index in [1.165, 1.54) is 0 Å². The molecule has 0 saturated heterocycles. The van der Waals surface area contributed by atoms with Gasteiger partial charge in [0.05, 0.1) is 0 Å². The zero-order valence-corrected chi connectivity index (χ0v) is 13.5. The van der Waals surface area contributed by atoms with Crippen LogP contribution in [-0.2, 0) is 4.79 Å². The van der Waals surface area contributed by atoms with Gasteiger partial charge in [-0.05, 0) is 17.7 Å². The van der Waals surface area contributed by atoms with Gasteiger partial charge in [-0.25, -0.2) is 4.79 Å². The third kappa shape index (κ3) is 4.27. The molecule has 25 heavy (non-hydrogen) atoms. The number of ether oxygens (including phenoxy) is 2. The fourth-order valence-corrected chi connectivity index (χ4v) is 2.61. The van der Waals surface area contributed by atoms with Gasteiger partial charge in [-0.1, -0.05) is 42.5 Å². The Morgan fingerprint density at radius 3 is 2.48 bits per heavy atom. The molecule has 0 fully saturated rings. The molecule has 0 bridgehead atoms. The van der Waals surface area contributed by atoms with Gasteiger partial charge in [-0.2, -0.15) is 0 Å². The summed E-state index contributed by atoms with van der Waals surface area (Å²) in [5.74, 6) is 0.846. The van der Waals surface area contributed by atoms with Crippen LogP contribution in [0.15, 0.2) is 54.6 Å². The van der Waals surface area contributed by atoms with Crippen molar-refractivity contribution in [1.29, 1.82) is 0 Å². The van der Waals surface area contributed by atoms with Crippen molar-refractivity contribution in [2.24, 2.45) is 5.73 Å². The molecule has 7 nitrogen and oxygen atoms in total. The SMILES string of the molecule is NC(=O)NC(=O)[C@@H](NC[C@@H]1COc2ccccc2O1)c1ccccc1. The molecule has 3 rings (SSSR count). The van der Waals surface area contributed by atoms with Crippen molar-refractivity contribution < 1.29 is 19.1 Å². The molecule has 3 amide bonds. The molecule has 1 heterocycles. The van der Waals surface area contributed by atoms with Crippen molar-refractivity contribution in [3.63, 3.8) is 0 Å². The maximum absolute atomic E-state index is 12.3. The number of nitrogens with one attached hydrogen (secondary N) is 2. The number of fused-ring (bicyclic) bond motifs is 1. The molecule has 0 radical (unpaired) electrons. The van der Waals surface area contributed by atoms with Gasteiger partial charge in [0.25, 0.3) is 0 Å². The summed E-state index contributed by atoms with van der Waals surface area (Å²) in [5.41, 5.74) is 5.78. The summed E-state index contributed by atoms with van der Waals surface area (Å²) in [6, 6.07) is 14.9. The van der Waals surface area contributed by atoms with Crippen molar-refractivity contribution in [1.82, 2.24) is 10.6 Å². The number of imide groups is 1. The highest BCUT2D eigenvalue weighted by Gasteiger charge is 2.25. The number of hydrogen-bond donors (Lipinski definition) is 3. The van der Waals surface area contributed by atoms with Gasteiger partial charge in [0.1, 0.15) is 18.8 Å². The van der Waals surface area contributed by atoms with E-state index in [0.29, 0.717) is 24.7 Å². The predicted molar refractivity (Wildman–Crippen MR) is 91.3 cm³/mol. The van der Waals surface area contributed by atoms with Crippen molar-refractivity contribution in [3.8, 4) is 11.5 Å². The largest absolute Gasteiger partial charge is 0.486 e. The second-order valence-corrected chi connectivity index (χ2v) is 5.60. The average Bonchev–Trinajstić information content (AvgIpc) is 2.62. The van der Waals surface area contributed by atoms with Crippen LogP contribution in [0.3, 0.4) is 0 Å². The minimum absolute atomic E-state index is 0.262. The van der Waals surface area contributed by atoms with Crippen LogP contribution in [0.1, 0.15) is 11.6 Å². The van der Waals surface area contributed by atoms with Crippen LogP contribution >= 0.6 is 0 Å². The van der Waals surface area contributed by atoms with Crippen molar-refractivity contribution >= 4 is 11.9 Å². The molecular formula is C18H19N3O4. The molecule has 130 valence electrons. The van der Waals surface area contributed by atoms with E-state index in [-0.39, 0.29) is 6.10 Å². The fraction of sp³-hybridized carbons (Fsp3) is 0.222. The van der Waals surface area contributed by atoms with Crippen LogP contribution in [0.25, 0.3) is 0 Å². The Morgan fingerprint density at radius 1 is 1.08 bits per heavy atom. The molecule has 0 aromatic heterocycles. The summed E-state index contributed by atoms with van der Waals surface area (Å²) in [7, 11) is 0. The maximum atomic E-state index is 12.3. The average molecular weight is 341 g/mol. The first-order chi connectivity index (χ1) is 12.1. The second kappa shape index (κ2) is 7.67. The molecule has 1 aliphatic rings. The minimum Gasteiger partial charge on any atom is -0.486 e. The van der Waals surface area contributed by atoms with Crippen LogP contribution in [0.4, 0.5) is 4.79 Å². The number of hydrogen-bond acceptors (Lipinski definition) is 5. The molecule has 0 saturated carbocycles. The first-order valence-corrected chi connectivity index (χ1v) is 7.90. The number of primary amides is 1. The van der Waals surface area contributed by atoms with E-state index in [0.717, 1.165) is 5.56 Å². The van der Waals surface area contributed by atoms with E-state index < -0.39 is 18.0 Å². The highest BCUT2D eigenvalue weighted by Crippen LogP contribution is 2.30. The summed E-state index contributed by atoms with van der Waals surface area (Å²) in [6.07, 6.45) is -0.262. The van der Waals surface area contributed by atoms with Gasteiger partial charge in [-0.3, -0.25) is 15.4 Å². The Morgan fingerprint density at radius 2 is 1.76 bits per heavy atom. The number of carbonyl (C=O) groups is 2. The third-order valence-corrected chi connectivity index (χ3v) is 3.76. The minimum atomic E-state index is -0.890. The van der Waals surface area contributed by atoms with E-state index in [9.17, 15) is 9.59 Å². The molecule has 7 heteroatoms. The van der Waals surface area contributed by atoms with Gasteiger partial charge in [0, 0.05) is 6.54 Å². The number of para-hydroxylation sites is 2. The lowest BCUT2D eigenvalue weighted by Crippen LogP contribution is -2.46. The highest BCUT2D eigenvalue weighted by molar-refractivity contribution is 5.96. The maximum Gasteiger partial charge on any atom is 0.318 e. The lowest BCUT2D eigenvalue weighted by atomic mass is 10.1. The fourth-order valence-electron chi connectivity index (χ4n) is 2.61. The summed E-state index contributed by atoms with van der Waals surface area (Å²) in [4.78, 5) is 23.3. The van der Waals surface area contributed by atoms with Gasteiger partial charge >= 0.3 is 6.03 Å². The zero-order valence-electron chi connectivity index (χ0n) is 13.5. The molecule has 0 spiro atoms. The van der Waals surface area contributed by atoms with E-state index in [2.05, 4.69) is 10.6 Å². The van der Waals surface area contributed by atoms with Crippen molar-refractivity contribution in [2.75, 3.05) is 13.2 Å². The summed E-state index contributed by atoms with van der Waals surface area (Å²) < 4.78 is 11.5. The Kier molecular flexibility index (Phi) is 5.15. The first kappa shape index (κ1) is 16.8. The van der Waals surface area contributed by atoms with Gasteiger partial charge in [-0.15, -0.1) is 0 Å². The normalized spacial score (nSPS) is 16.7. The van der Waals surface area contributed by atoms with Crippen LogP contribution in [-0.4, -0.2) is 31.2 Å². The molecule has 0 aliphatic carbocycles. The van der Waals surface area contributed by atoms with Crippen LogP contribution in [0, 0.1) is 0 Å². The molecule has 4 N–H and O–H groups in total. The monoisotopic (exact) mass is 341 g/mol. The number of rotatable bonds is 5. The Hall–Kier alpha value is -3.06. The number of amides is 3. The van der Waals surface area contributed by atoms with E-state index in [1.54, 1.807) is 12.1 Å². The zero-order chi connectivity index (χ0) is 17.6. The van der Waals surface area contributed by atoms with E-state index in [4.69, 9.17) is 15.2 Å². The summed E-state index contributed by atoms with van der Waals surface area (Å²) in [5, 5.41) is 5.23. The smallest absolute Gasteiger partial charge is 0.318 e. The molecule has 2 atom stereocenters. The molecule has 2 aromatic carbocycles. The van der Waals surface area contributed by atoms with Gasteiger partial charge < -0.3 is 15.2 Å². The molecule has 0 unspecified atom stereocenters. The first-order valence-electron chi connectivity index (χ1n) is 7.90. The highest BCUT2D eigenvalue weighted by atomic mass is 16.6. The van der Waals surface area contributed by atoms with Crippen molar-refractivity contribution in [3.05, 3.63) is 60.2 Å². The van der Waals surface area contributed by atoms with E-state index in [1.807, 2.05) is 42.5 Å². The summed E-state index contributed by atoms with van der Waals surface area (Å²) >= 11 is 0. The standard InChI is InChI=1S/C18H19N3O4/c19-18(23)21-17(22)16(12-6-2-1-3-7-12)20-10-13-11-24-14-8-4-5-9-15(14)25-13/h1-9,13,16,20H,10-11H2,(H3,19,21,22,23)/t13-,16+/m1/s1. The Bertz CT molecular complexity index is 751. The van der Waals surface area contributed by atoms with Crippen molar-refractivity contribution in [2.45, 2.75) is 12.1 Å². The van der Waals surface area contributed by atoms with Crippen LogP contribution < -0.4 is 25.8 Å². The topological polar surface area (TPSA) is 103 Å². The number of nitrogens with two attached hydrogens (primary N) is 1. The lowest BCUT2D eigenvalue weighted by molar-refractivity contribution is -0.122. The molecular weight excluding hydrogens is 322 g/mol. The number of urea groups is 1. The second-order valence-electron chi connectivity index (χ2n) is 5.60. The summed E-state index contributed by atoms with van der Waals surface area (Å²) in [6.45, 7) is 0.725. The number of carbonyl (C=O) groups excluding carboxylic acids is 2. The quantitative estimate of drug-likeness (QED) is 0.762. The van der Waals surface area contributed by atoms with Crippen LogP contribution in [0.2, 0.25) is 0 Å². The van der Waals surface area contributed by atoms with E-state index >= 15 is 0 Å². The third-order valence-electron chi connectivity index (χ3n) is 3.76. The molecule has 1 aliphatic heterocycles. The van der Waals surface area contributed by atoms with Gasteiger partial charge in [0.2, 0.25) is 5.91 Å². The van der Waals surface area contributed by atoms with Crippen LogP contribution in [0.5, 0.6) is 11.5 Å². The van der Waals surface area contributed by atoms with Gasteiger partial charge in [0.15, 0.2) is 11.5 Å². The molecule has 2 aromatic rings. The number of benzene rings is 2. The lowest BCUT2D eigenvalue weighted by Gasteiger charge is -2.28. The Balaban J connectivity index is 1.67.